The first-order valence-corrected chi connectivity index (χ1v) is 9.53. The van der Waals surface area contributed by atoms with E-state index < -0.39 is 9.85 Å². The highest BCUT2D eigenvalue weighted by atomic mass is 35.5. The average Bonchev–Trinajstić information content (AvgIpc) is 2.72. The van der Waals surface area contributed by atoms with Crippen LogP contribution >= 0.6 is 23.2 Å². The predicted octanol–water partition coefficient (Wildman–Crippen LogP) is 7.30. The molecule has 0 aliphatic heterocycles. The van der Waals surface area contributed by atoms with Gasteiger partial charge >= 0.3 is 0 Å². The van der Waals surface area contributed by atoms with Gasteiger partial charge in [0, 0.05) is 22.2 Å². The van der Waals surface area contributed by atoms with E-state index in [4.69, 9.17) is 23.2 Å². The van der Waals surface area contributed by atoms with E-state index >= 15 is 0 Å². The minimum absolute atomic E-state index is 0.0777. The van der Waals surface area contributed by atoms with Gasteiger partial charge in [-0.1, -0.05) is 59.6 Å². The summed E-state index contributed by atoms with van der Waals surface area (Å²) in [6.45, 7) is 0. The van der Waals surface area contributed by atoms with Crippen LogP contribution < -0.4 is 0 Å². The second kappa shape index (κ2) is 7.74. The first kappa shape index (κ1) is 19.8. The van der Waals surface area contributed by atoms with Gasteiger partial charge in [0.15, 0.2) is 0 Å². The minimum atomic E-state index is -0.462. The Morgan fingerprint density at radius 2 is 0.967 bits per heavy atom. The molecule has 0 heterocycles. The number of rotatable bonds is 4. The molecule has 4 aromatic carbocycles. The van der Waals surface area contributed by atoms with Crippen molar-refractivity contribution in [2.75, 3.05) is 0 Å². The van der Waals surface area contributed by atoms with Gasteiger partial charge < -0.3 is 0 Å². The summed E-state index contributed by atoms with van der Waals surface area (Å²) < 4.78 is 0. The summed E-state index contributed by atoms with van der Waals surface area (Å²) >= 11 is 12.2. The van der Waals surface area contributed by atoms with Crippen LogP contribution in [0.4, 0.5) is 11.4 Å². The Balaban J connectivity index is 2.05. The van der Waals surface area contributed by atoms with Crippen molar-refractivity contribution in [2.24, 2.45) is 0 Å². The normalized spacial score (nSPS) is 10.9. The zero-order valence-corrected chi connectivity index (χ0v) is 16.7. The summed E-state index contributed by atoms with van der Waals surface area (Å²) in [5.41, 5.74) is 1.80. The number of nitro benzene ring substituents is 2. The predicted molar refractivity (Wildman–Crippen MR) is 118 cm³/mol. The standard InChI is InChI=1S/C22H12Cl2N2O4/c23-13-7-9-21(25(27)28)19(11-13)17-5-1-3-15-16(17)4-2-6-18(15)20-12-14(24)8-10-22(20)26(29)30/h1-12H. The first-order valence-electron chi connectivity index (χ1n) is 8.77. The molecule has 4 aromatic rings. The number of hydrogen-bond acceptors (Lipinski definition) is 4. The Morgan fingerprint density at radius 3 is 1.33 bits per heavy atom. The lowest BCUT2D eigenvalue weighted by molar-refractivity contribution is -0.384. The second-order valence-electron chi connectivity index (χ2n) is 6.54. The molecule has 0 atom stereocenters. The third-order valence-corrected chi connectivity index (χ3v) is 5.28. The zero-order valence-electron chi connectivity index (χ0n) is 15.2. The number of hydrogen-bond donors (Lipinski definition) is 0. The highest BCUT2D eigenvalue weighted by Crippen LogP contribution is 2.41. The molecule has 0 aliphatic rings. The van der Waals surface area contributed by atoms with Crippen LogP contribution in [-0.2, 0) is 0 Å². The van der Waals surface area contributed by atoms with Crippen LogP contribution in [0.2, 0.25) is 10.0 Å². The molecule has 0 unspecified atom stereocenters. The molecule has 0 radical (unpaired) electrons. The minimum Gasteiger partial charge on any atom is -0.258 e. The van der Waals surface area contributed by atoms with Gasteiger partial charge in [-0.2, -0.15) is 0 Å². The van der Waals surface area contributed by atoms with Crippen molar-refractivity contribution in [1.29, 1.82) is 0 Å². The molecule has 0 saturated heterocycles. The van der Waals surface area contributed by atoms with Crippen molar-refractivity contribution >= 4 is 45.3 Å². The maximum Gasteiger partial charge on any atom is 0.277 e. The highest BCUT2D eigenvalue weighted by molar-refractivity contribution is 6.31. The quantitative estimate of drug-likeness (QED) is 0.247. The smallest absolute Gasteiger partial charge is 0.258 e. The maximum atomic E-state index is 11.6. The molecule has 0 amide bonds. The van der Waals surface area contributed by atoms with Gasteiger partial charge in [-0.3, -0.25) is 20.2 Å². The number of fused-ring (bicyclic) bond motifs is 1. The summed E-state index contributed by atoms with van der Waals surface area (Å²) in [6, 6.07) is 19.4. The lowest BCUT2D eigenvalue weighted by atomic mass is 9.92. The molecule has 0 saturated carbocycles. The largest absolute Gasteiger partial charge is 0.277 e. The van der Waals surface area contributed by atoms with Crippen molar-refractivity contribution in [1.82, 2.24) is 0 Å². The molecule has 0 fully saturated rings. The van der Waals surface area contributed by atoms with E-state index in [1.807, 2.05) is 12.1 Å². The molecular formula is C22H12Cl2N2O4. The maximum absolute atomic E-state index is 11.6. The number of benzene rings is 4. The number of nitro groups is 2. The topological polar surface area (TPSA) is 86.3 Å². The molecule has 148 valence electrons. The van der Waals surface area contributed by atoms with Crippen molar-refractivity contribution < 1.29 is 9.85 Å². The first-order chi connectivity index (χ1) is 14.4. The molecule has 0 N–H and O–H groups in total. The zero-order chi connectivity index (χ0) is 21.4. The van der Waals surface area contributed by atoms with E-state index in [9.17, 15) is 20.2 Å². The molecule has 0 bridgehead atoms. The molecule has 4 rings (SSSR count). The van der Waals surface area contributed by atoms with Crippen molar-refractivity contribution in [3.8, 4) is 22.3 Å². The van der Waals surface area contributed by atoms with Crippen LogP contribution in [0.5, 0.6) is 0 Å². The molecular weight excluding hydrogens is 427 g/mol. The van der Waals surface area contributed by atoms with Gasteiger partial charge in [0.1, 0.15) is 0 Å². The Labute approximate surface area is 180 Å². The van der Waals surface area contributed by atoms with Gasteiger partial charge in [0.2, 0.25) is 0 Å². The van der Waals surface area contributed by atoms with Gasteiger partial charge in [0.05, 0.1) is 21.0 Å². The Hall–Kier alpha value is -3.48. The van der Waals surface area contributed by atoms with Crippen LogP contribution in [0.1, 0.15) is 0 Å². The summed E-state index contributed by atoms with van der Waals surface area (Å²) in [7, 11) is 0. The van der Waals surface area contributed by atoms with Crippen molar-refractivity contribution in [3.63, 3.8) is 0 Å². The molecule has 30 heavy (non-hydrogen) atoms. The summed E-state index contributed by atoms with van der Waals surface area (Å²) in [4.78, 5) is 22.2. The Bertz CT molecular complexity index is 1240. The van der Waals surface area contributed by atoms with Gasteiger partial charge in [0.25, 0.3) is 11.4 Å². The van der Waals surface area contributed by atoms with E-state index in [0.29, 0.717) is 43.1 Å². The summed E-state index contributed by atoms with van der Waals surface area (Å²) in [5, 5.41) is 25.3. The fourth-order valence-corrected chi connectivity index (χ4v) is 3.89. The van der Waals surface area contributed by atoms with E-state index in [2.05, 4.69) is 0 Å². The highest BCUT2D eigenvalue weighted by Gasteiger charge is 2.21. The van der Waals surface area contributed by atoms with Gasteiger partial charge in [-0.25, -0.2) is 0 Å². The fourth-order valence-electron chi connectivity index (χ4n) is 3.55. The molecule has 6 nitrogen and oxygen atoms in total. The molecule has 0 aliphatic carbocycles. The van der Waals surface area contributed by atoms with Crippen LogP contribution in [0.15, 0.2) is 72.8 Å². The SMILES string of the molecule is O=[N+]([O-])c1ccc(Cl)cc1-c1cccc2c(-c3cc(Cl)ccc3[N+](=O)[O-])cccc12. The molecule has 8 heteroatoms. The third kappa shape index (κ3) is 3.47. The second-order valence-corrected chi connectivity index (χ2v) is 7.42. The van der Waals surface area contributed by atoms with E-state index in [-0.39, 0.29) is 11.4 Å². The van der Waals surface area contributed by atoms with E-state index in [1.54, 1.807) is 36.4 Å². The Kier molecular flexibility index (Phi) is 5.11. The summed E-state index contributed by atoms with van der Waals surface area (Å²) in [5.74, 6) is 0. The van der Waals surface area contributed by atoms with Crippen molar-refractivity contribution in [2.45, 2.75) is 0 Å². The van der Waals surface area contributed by atoms with Crippen LogP contribution in [0.25, 0.3) is 33.0 Å². The average molecular weight is 439 g/mol. The monoisotopic (exact) mass is 438 g/mol. The number of nitrogens with zero attached hydrogens (tertiary/aromatic N) is 2. The van der Waals surface area contributed by atoms with Gasteiger partial charge in [-0.15, -0.1) is 0 Å². The van der Waals surface area contributed by atoms with Crippen LogP contribution in [0.3, 0.4) is 0 Å². The fraction of sp³-hybridized carbons (Fsp3) is 0. The number of halogens is 2. The van der Waals surface area contributed by atoms with E-state index in [0.717, 1.165) is 0 Å². The molecule has 0 aromatic heterocycles. The van der Waals surface area contributed by atoms with Gasteiger partial charge in [-0.05, 0) is 46.2 Å². The Morgan fingerprint density at radius 1 is 0.567 bits per heavy atom. The lowest BCUT2D eigenvalue weighted by Crippen LogP contribution is -1.94. The lowest BCUT2D eigenvalue weighted by Gasteiger charge is -2.12. The third-order valence-electron chi connectivity index (χ3n) is 4.81. The van der Waals surface area contributed by atoms with Crippen molar-refractivity contribution in [3.05, 3.63) is 103 Å². The summed E-state index contributed by atoms with van der Waals surface area (Å²) in [6.07, 6.45) is 0. The van der Waals surface area contributed by atoms with E-state index in [1.165, 1.54) is 24.3 Å². The molecule has 0 spiro atoms. The van der Waals surface area contributed by atoms with Crippen LogP contribution in [-0.4, -0.2) is 9.85 Å². The van der Waals surface area contributed by atoms with Crippen LogP contribution in [0, 0.1) is 20.2 Å².